The predicted octanol–water partition coefficient (Wildman–Crippen LogP) is 3.47. The minimum atomic E-state index is 0.134. The van der Waals surface area contributed by atoms with Crippen molar-refractivity contribution in [2.24, 2.45) is 5.73 Å². The second kappa shape index (κ2) is 6.94. The number of hydrogen-bond donors (Lipinski definition) is 1. The molecule has 16 heavy (non-hydrogen) atoms. The molecule has 0 aliphatic carbocycles. The number of ether oxygens (including phenoxy) is 1. The molecule has 1 aromatic carbocycles. The molecule has 1 atom stereocenters. The van der Waals surface area contributed by atoms with Crippen molar-refractivity contribution in [2.75, 3.05) is 6.61 Å². The normalized spacial score (nSPS) is 13.0. The van der Waals surface area contributed by atoms with Gasteiger partial charge in [-0.3, -0.25) is 0 Å². The van der Waals surface area contributed by atoms with Crippen molar-refractivity contribution in [3.63, 3.8) is 0 Å². The van der Waals surface area contributed by atoms with Gasteiger partial charge in [0.15, 0.2) is 0 Å². The molecular weight excluding hydrogens is 289 g/mol. The first kappa shape index (κ1) is 13.6. The third-order valence-corrected chi connectivity index (χ3v) is 2.95. The molecule has 2 N–H and O–H groups in total. The smallest absolute Gasteiger partial charge is 0.120 e. The van der Waals surface area contributed by atoms with Crippen molar-refractivity contribution in [1.82, 2.24) is 0 Å². The Morgan fingerprint density at radius 2 is 2.31 bits per heavy atom. The van der Waals surface area contributed by atoms with E-state index in [4.69, 9.17) is 22.1 Å². The van der Waals surface area contributed by atoms with Crippen LogP contribution in [0.4, 0.5) is 0 Å². The maximum absolute atomic E-state index is 5.77. The standard InChI is InChI=1S/C12H15BrClNO/c1-9(15)7-10-8-11(3-4-12(10)13)16-6-2-5-14/h2-5,8-9H,6-7,15H2,1H3/b5-2+. The second-order valence-corrected chi connectivity index (χ2v) is 4.71. The summed E-state index contributed by atoms with van der Waals surface area (Å²) in [5, 5.41) is 0. The van der Waals surface area contributed by atoms with E-state index in [1.807, 2.05) is 25.1 Å². The quantitative estimate of drug-likeness (QED) is 0.904. The molecule has 88 valence electrons. The topological polar surface area (TPSA) is 35.2 Å². The van der Waals surface area contributed by atoms with Crippen LogP contribution in [0.1, 0.15) is 12.5 Å². The maximum atomic E-state index is 5.77. The van der Waals surface area contributed by atoms with Gasteiger partial charge in [-0.1, -0.05) is 27.5 Å². The first-order valence-corrected chi connectivity index (χ1v) is 6.28. The third kappa shape index (κ3) is 4.56. The Labute approximate surface area is 110 Å². The molecule has 0 spiro atoms. The molecule has 0 radical (unpaired) electrons. The Hall–Kier alpha value is -0.510. The van der Waals surface area contributed by atoms with Crippen LogP contribution in [0.3, 0.4) is 0 Å². The zero-order valence-electron chi connectivity index (χ0n) is 9.12. The minimum absolute atomic E-state index is 0.134. The zero-order valence-corrected chi connectivity index (χ0v) is 11.5. The first-order chi connectivity index (χ1) is 7.63. The largest absolute Gasteiger partial charge is 0.489 e. The molecule has 2 nitrogen and oxygen atoms in total. The summed E-state index contributed by atoms with van der Waals surface area (Å²) in [6.07, 6.45) is 2.57. The molecule has 0 heterocycles. The summed E-state index contributed by atoms with van der Waals surface area (Å²) >= 11 is 8.90. The van der Waals surface area contributed by atoms with E-state index in [2.05, 4.69) is 15.9 Å². The Bertz CT molecular complexity index is 366. The Morgan fingerprint density at radius 3 is 2.94 bits per heavy atom. The molecule has 0 fully saturated rings. The maximum Gasteiger partial charge on any atom is 0.120 e. The van der Waals surface area contributed by atoms with E-state index in [1.165, 1.54) is 5.54 Å². The molecule has 0 bridgehead atoms. The van der Waals surface area contributed by atoms with Gasteiger partial charge in [0.05, 0.1) is 0 Å². The first-order valence-electron chi connectivity index (χ1n) is 5.05. The van der Waals surface area contributed by atoms with E-state index >= 15 is 0 Å². The van der Waals surface area contributed by atoms with E-state index in [-0.39, 0.29) is 6.04 Å². The molecule has 0 saturated heterocycles. The summed E-state index contributed by atoms with van der Waals surface area (Å²) < 4.78 is 6.55. The van der Waals surface area contributed by atoms with Crippen LogP contribution < -0.4 is 10.5 Å². The van der Waals surface area contributed by atoms with Crippen LogP contribution in [0.25, 0.3) is 0 Å². The van der Waals surface area contributed by atoms with Gasteiger partial charge in [-0.2, -0.15) is 0 Å². The van der Waals surface area contributed by atoms with Gasteiger partial charge in [0.2, 0.25) is 0 Å². The third-order valence-electron chi connectivity index (χ3n) is 1.99. The number of halogens is 2. The fourth-order valence-electron chi connectivity index (χ4n) is 1.32. The van der Waals surface area contributed by atoms with Gasteiger partial charge in [0.1, 0.15) is 12.4 Å². The lowest BCUT2D eigenvalue weighted by molar-refractivity contribution is 0.362. The van der Waals surface area contributed by atoms with Crippen molar-refractivity contribution < 1.29 is 4.74 Å². The molecule has 0 aliphatic rings. The number of rotatable bonds is 5. The molecule has 1 unspecified atom stereocenters. The van der Waals surface area contributed by atoms with Gasteiger partial charge in [0, 0.05) is 16.0 Å². The summed E-state index contributed by atoms with van der Waals surface area (Å²) in [5.74, 6) is 0.827. The summed E-state index contributed by atoms with van der Waals surface area (Å²) in [5.41, 5.74) is 8.38. The molecule has 0 aliphatic heterocycles. The van der Waals surface area contributed by atoms with Gasteiger partial charge in [0.25, 0.3) is 0 Å². The SMILES string of the molecule is CC(N)Cc1cc(OC/C=C/Cl)ccc1Br. The second-order valence-electron chi connectivity index (χ2n) is 3.61. The van der Waals surface area contributed by atoms with Crippen molar-refractivity contribution >= 4 is 27.5 Å². The highest BCUT2D eigenvalue weighted by Gasteiger charge is 2.04. The van der Waals surface area contributed by atoms with Crippen LogP contribution in [0, 0.1) is 0 Å². The van der Waals surface area contributed by atoms with Crippen molar-refractivity contribution in [3.8, 4) is 5.75 Å². The molecule has 1 rings (SSSR count). The molecule has 0 saturated carbocycles. The van der Waals surface area contributed by atoms with E-state index < -0.39 is 0 Å². The van der Waals surface area contributed by atoms with Gasteiger partial charge in [-0.25, -0.2) is 0 Å². The number of benzene rings is 1. The molecule has 1 aromatic rings. The summed E-state index contributed by atoms with van der Waals surface area (Å²) in [6.45, 7) is 2.46. The van der Waals surface area contributed by atoms with Crippen LogP contribution in [-0.4, -0.2) is 12.6 Å². The summed E-state index contributed by atoms with van der Waals surface area (Å²) in [7, 11) is 0. The van der Waals surface area contributed by atoms with Gasteiger partial charge in [-0.15, -0.1) is 0 Å². The zero-order chi connectivity index (χ0) is 12.0. The van der Waals surface area contributed by atoms with Gasteiger partial charge < -0.3 is 10.5 Å². The van der Waals surface area contributed by atoms with Gasteiger partial charge >= 0.3 is 0 Å². The Morgan fingerprint density at radius 1 is 1.56 bits per heavy atom. The lowest BCUT2D eigenvalue weighted by atomic mass is 10.1. The number of hydrogen-bond acceptors (Lipinski definition) is 2. The van der Waals surface area contributed by atoms with Crippen molar-refractivity contribution in [3.05, 3.63) is 39.8 Å². The Kier molecular flexibility index (Phi) is 5.88. The van der Waals surface area contributed by atoms with E-state index in [0.29, 0.717) is 6.61 Å². The lowest BCUT2D eigenvalue weighted by Gasteiger charge is -2.10. The van der Waals surface area contributed by atoms with Gasteiger partial charge in [-0.05, 0) is 43.2 Å². The lowest BCUT2D eigenvalue weighted by Crippen LogP contribution is -2.18. The van der Waals surface area contributed by atoms with Crippen LogP contribution in [0.15, 0.2) is 34.3 Å². The summed E-state index contributed by atoms with van der Waals surface area (Å²) in [6, 6.07) is 6.01. The van der Waals surface area contributed by atoms with E-state index in [9.17, 15) is 0 Å². The molecular formula is C12H15BrClNO. The highest BCUT2D eigenvalue weighted by atomic mass is 79.9. The predicted molar refractivity (Wildman–Crippen MR) is 72.0 cm³/mol. The average molecular weight is 305 g/mol. The minimum Gasteiger partial charge on any atom is -0.489 e. The highest BCUT2D eigenvalue weighted by molar-refractivity contribution is 9.10. The Balaban J connectivity index is 2.72. The van der Waals surface area contributed by atoms with Crippen LogP contribution in [0.2, 0.25) is 0 Å². The monoisotopic (exact) mass is 303 g/mol. The van der Waals surface area contributed by atoms with E-state index in [0.717, 1.165) is 22.2 Å². The number of nitrogens with two attached hydrogens (primary N) is 1. The fraction of sp³-hybridized carbons (Fsp3) is 0.333. The van der Waals surface area contributed by atoms with Crippen molar-refractivity contribution in [1.29, 1.82) is 0 Å². The van der Waals surface area contributed by atoms with Crippen LogP contribution in [-0.2, 0) is 6.42 Å². The highest BCUT2D eigenvalue weighted by Crippen LogP contribution is 2.23. The molecule has 0 amide bonds. The fourth-order valence-corrected chi connectivity index (χ4v) is 1.81. The van der Waals surface area contributed by atoms with Crippen LogP contribution in [0.5, 0.6) is 5.75 Å². The van der Waals surface area contributed by atoms with Crippen molar-refractivity contribution in [2.45, 2.75) is 19.4 Å². The average Bonchev–Trinajstić information content (AvgIpc) is 2.22. The summed E-state index contributed by atoms with van der Waals surface area (Å²) in [4.78, 5) is 0. The molecule has 4 heteroatoms. The van der Waals surface area contributed by atoms with E-state index in [1.54, 1.807) is 6.08 Å². The van der Waals surface area contributed by atoms with Crippen LogP contribution >= 0.6 is 27.5 Å². The molecule has 0 aromatic heterocycles.